The fourth-order valence-corrected chi connectivity index (χ4v) is 1.19. The van der Waals surface area contributed by atoms with E-state index in [4.69, 9.17) is 4.42 Å². The second kappa shape index (κ2) is 2.90. The van der Waals surface area contributed by atoms with Crippen LogP contribution in [0.4, 0.5) is 0 Å². The monoisotopic (exact) mass is 176 g/mol. The van der Waals surface area contributed by atoms with Crippen molar-refractivity contribution in [2.24, 2.45) is 0 Å². The lowest BCUT2D eigenvalue weighted by molar-refractivity contribution is 0.519. The van der Waals surface area contributed by atoms with Gasteiger partial charge >= 0.3 is 5.76 Å². The lowest BCUT2D eigenvalue weighted by atomic mass is 10.4. The molecule has 0 fully saturated rings. The largest absolute Gasteiger partial charge is 0.421 e. The first kappa shape index (κ1) is 7.79. The van der Waals surface area contributed by atoms with Gasteiger partial charge in [-0.2, -0.15) is 0 Å². The molecule has 0 radical (unpaired) electrons. The second-order valence-electron chi connectivity index (χ2n) is 2.59. The van der Waals surface area contributed by atoms with Crippen LogP contribution in [0.2, 0.25) is 0 Å². The molecule has 0 aliphatic rings. The number of hydrogen-bond acceptors (Lipinski definition) is 3. The second-order valence-corrected chi connectivity index (χ2v) is 2.59. The molecule has 0 amide bonds. The van der Waals surface area contributed by atoms with Crippen molar-refractivity contribution < 1.29 is 4.42 Å². The highest BCUT2D eigenvalue weighted by Gasteiger charge is 2.06. The number of hydrogen-bond donors (Lipinski definition) is 0. The highest BCUT2D eigenvalue weighted by atomic mass is 16.4. The van der Waals surface area contributed by atoms with Gasteiger partial charge in [-0.15, -0.1) is 6.58 Å². The smallest absolute Gasteiger partial charge is 0.406 e. The molecule has 0 bridgehead atoms. The molecular weight excluding hydrogens is 168 g/mol. The Morgan fingerprint density at radius 1 is 1.69 bits per heavy atom. The topological polar surface area (TPSA) is 48.0 Å². The van der Waals surface area contributed by atoms with Gasteiger partial charge in [0.25, 0.3) is 0 Å². The number of pyridine rings is 1. The highest BCUT2D eigenvalue weighted by Crippen LogP contribution is 2.07. The molecule has 0 unspecified atom stereocenters. The minimum atomic E-state index is -0.395. The minimum Gasteiger partial charge on any atom is -0.406 e. The molecule has 0 N–H and O–H groups in total. The highest BCUT2D eigenvalue weighted by molar-refractivity contribution is 5.67. The lowest BCUT2D eigenvalue weighted by Crippen LogP contribution is -2.13. The Morgan fingerprint density at radius 2 is 2.54 bits per heavy atom. The summed E-state index contributed by atoms with van der Waals surface area (Å²) in [6.45, 7) is 3.97. The van der Waals surface area contributed by atoms with Crippen molar-refractivity contribution in [3.8, 4) is 0 Å². The van der Waals surface area contributed by atoms with Crippen molar-refractivity contribution in [2.45, 2.75) is 6.54 Å². The van der Waals surface area contributed by atoms with Crippen LogP contribution in [0.1, 0.15) is 0 Å². The van der Waals surface area contributed by atoms with Crippen molar-refractivity contribution in [3.05, 3.63) is 41.5 Å². The van der Waals surface area contributed by atoms with Crippen LogP contribution in [0, 0.1) is 0 Å². The third kappa shape index (κ3) is 1.16. The molecule has 13 heavy (non-hydrogen) atoms. The molecule has 0 saturated carbocycles. The summed E-state index contributed by atoms with van der Waals surface area (Å²) in [5, 5.41) is 0. The number of allylic oxidation sites excluding steroid dienone is 1. The van der Waals surface area contributed by atoms with Gasteiger partial charge in [-0.05, 0) is 12.1 Å². The maximum Gasteiger partial charge on any atom is 0.421 e. The van der Waals surface area contributed by atoms with E-state index in [9.17, 15) is 4.79 Å². The van der Waals surface area contributed by atoms with Gasteiger partial charge < -0.3 is 4.42 Å². The van der Waals surface area contributed by atoms with Gasteiger partial charge in [0.15, 0.2) is 11.2 Å². The Balaban J connectivity index is 2.78. The van der Waals surface area contributed by atoms with E-state index < -0.39 is 5.76 Å². The zero-order chi connectivity index (χ0) is 9.26. The molecule has 0 aromatic carbocycles. The molecule has 0 spiro atoms. The summed E-state index contributed by atoms with van der Waals surface area (Å²) in [7, 11) is 0. The van der Waals surface area contributed by atoms with E-state index in [0.29, 0.717) is 17.8 Å². The first-order valence-corrected chi connectivity index (χ1v) is 3.88. The number of oxazole rings is 1. The summed E-state index contributed by atoms with van der Waals surface area (Å²) in [4.78, 5) is 15.3. The Hall–Kier alpha value is -1.84. The van der Waals surface area contributed by atoms with Gasteiger partial charge in [-0.25, -0.2) is 9.78 Å². The molecule has 2 aromatic rings. The minimum absolute atomic E-state index is 0.395. The molecule has 2 heterocycles. The average molecular weight is 176 g/mol. The zero-order valence-corrected chi connectivity index (χ0v) is 6.93. The molecule has 66 valence electrons. The summed E-state index contributed by atoms with van der Waals surface area (Å²) in [5.41, 5.74) is 1.07. The summed E-state index contributed by atoms with van der Waals surface area (Å²) >= 11 is 0. The molecule has 0 aliphatic heterocycles. The quantitative estimate of drug-likeness (QED) is 0.645. The predicted molar refractivity (Wildman–Crippen MR) is 48.5 cm³/mol. The van der Waals surface area contributed by atoms with Crippen LogP contribution < -0.4 is 5.76 Å². The Labute approximate surface area is 74.1 Å². The van der Waals surface area contributed by atoms with Gasteiger partial charge in [0.1, 0.15) is 0 Å². The van der Waals surface area contributed by atoms with Crippen molar-refractivity contribution in [1.29, 1.82) is 0 Å². The molecule has 4 nitrogen and oxygen atoms in total. The molecular formula is C9H8N2O2. The first-order valence-electron chi connectivity index (χ1n) is 3.88. The number of nitrogens with zero attached hydrogens (tertiary/aromatic N) is 2. The van der Waals surface area contributed by atoms with Gasteiger partial charge in [-0.3, -0.25) is 4.57 Å². The van der Waals surface area contributed by atoms with Crippen LogP contribution in [-0.2, 0) is 6.54 Å². The molecule has 2 aromatic heterocycles. The van der Waals surface area contributed by atoms with Crippen LogP contribution in [0.25, 0.3) is 11.2 Å². The van der Waals surface area contributed by atoms with Crippen molar-refractivity contribution >= 4 is 11.2 Å². The third-order valence-corrected chi connectivity index (χ3v) is 1.74. The summed E-state index contributed by atoms with van der Waals surface area (Å²) in [6, 6.07) is 3.44. The van der Waals surface area contributed by atoms with E-state index in [0.717, 1.165) is 0 Å². The van der Waals surface area contributed by atoms with Gasteiger partial charge in [0.05, 0.1) is 0 Å². The fourth-order valence-electron chi connectivity index (χ4n) is 1.19. The van der Waals surface area contributed by atoms with Crippen molar-refractivity contribution in [3.63, 3.8) is 0 Å². The number of aromatic nitrogens is 2. The fraction of sp³-hybridized carbons (Fsp3) is 0.111. The molecule has 0 saturated heterocycles. The van der Waals surface area contributed by atoms with E-state index >= 15 is 0 Å². The van der Waals surface area contributed by atoms with Crippen LogP contribution >= 0.6 is 0 Å². The van der Waals surface area contributed by atoms with Crippen LogP contribution in [0.15, 0.2) is 40.2 Å². The van der Waals surface area contributed by atoms with Crippen molar-refractivity contribution in [1.82, 2.24) is 9.55 Å². The van der Waals surface area contributed by atoms with Gasteiger partial charge in [-0.1, -0.05) is 6.08 Å². The van der Waals surface area contributed by atoms with Crippen LogP contribution in [-0.4, -0.2) is 9.55 Å². The summed E-state index contributed by atoms with van der Waals surface area (Å²) < 4.78 is 6.38. The molecule has 0 aliphatic carbocycles. The van der Waals surface area contributed by atoms with Gasteiger partial charge in [0.2, 0.25) is 0 Å². The van der Waals surface area contributed by atoms with Crippen molar-refractivity contribution in [2.75, 3.05) is 0 Å². The normalized spacial score (nSPS) is 10.5. The van der Waals surface area contributed by atoms with E-state index in [1.807, 2.05) is 0 Å². The van der Waals surface area contributed by atoms with Crippen LogP contribution in [0.3, 0.4) is 0 Å². The van der Waals surface area contributed by atoms with Crippen LogP contribution in [0.5, 0.6) is 0 Å². The lowest BCUT2D eigenvalue weighted by Gasteiger charge is -1.93. The zero-order valence-electron chi connectivity index (χ0n) is 6.93. The Kier molecular flexibility index (Phi) is 1.73. The maximum atomic E-state index is 11.2. The van der Waals surface area contributed by atoms with E-state index in [-0.39, 0.29) is 0 Å². The molecule has 4 heteroatoms. The molecule has 0 atom stereocenters. The van der Waals surface area contributed by atoms with Gasteiger partial charge in [0, 0.05) is 12.7 Å². The average Bonchev–Trinajstić information content (AvgIpc) is 2.44. The number of fused-ring (bicyclic) bond motifs is 1. The van der Waals surface area contributed by atoms with E-state index in [2.05, 4.69) is 11.6 Å². The molecule has 2 rings (SSSR count). The maximum absolute atomic E-state index is 11.2. The number of rotatable bonds is 2. The SMILES string of the molecule is C=CCn1c(=O)oc2cccnc21. The van der Waals surface area contributed by atoms with E-state index in [1.54, 1.807) is 24.4 Å². The van der Waals surface area contributed by atoms with E-state index in [1.165, 1.54) is 4.57 Å². The summed E-state index contributed by atoms with van der Waals surface area (Å²) in [6.07, 6.45) is 3.25. The Bertz CT molecular complexity index is 496. The Morgan fingerprint density at radius 3 is 3.31 bits per heavy atom. The standard InChI is InChI=1S/C9H8N2O2/c1-2-6-11-8-7(13-9(11)12)4-3-5-10-8/h2-5H,1,6H2. The third-order valence-electron chi connectivity index (χ3n) is 1.74. The predicted octanol–water partition coefficient (Wildman–Crippen LogP) is 1.18. The first-order chi connectivity index (χ1) is 6.33. The summed E-state index contributed by atoms with van der Waals surface area (Å²) in [5.74, 6) is -0.395.